The summed E-state index contributed by atoms with van der Waals surface area (Å²) in [5, 5.41) is 13.0. The Labute approximate surface area is 96.1 Å². The molecule has 0 aliphatic rings. The average molecular weight is 215 g/mol. The highest BCUT2D eigenvalue weighted by atomic mass is 16.5. The molecule has 0 saturated carbocycles. The summed E-state index contributed by atoms with van der Waals surface area (Å²) in [5.74, 6) is 0. The predicted molar refractivity (Wildman–Crippen MR) is 66.3 cm³/mol. The Morgan fingerprint density at radius 2 is 1.75 bits per heavy atom. The molecule has 0 unspecified atom stereocenters. The molecule has 2 rings (SSSR count). The maximum Gasteiger partial charge on any atom is 0.224 e. The van der Waals surface area contributed by atoms with Crippen molar-refractivity contribution >= 4 is 10.9 Å². The third-order valence-corrected chi connectivity index (χ3v) is 2.89. The Kier molecular flexibility index (Phi) is 2.38. The number of fused-ring (bicyclic) bond motifs is 1. The lowest BCUT2D eigenvalue weighted by atomic mass is 9.84. The number of rotatable bonds is 0. The van der Waals surface area contributed by atoms with Crippen LogP contribution in [0.5, 0.6) is 0 Å². The van der Waals surface area contributed by atoms with Gasteiger partial charge >= 0.3 is 0 Å². The van der Waals surface area contributed by atoms with Crippen LogP contribution in [-0.4, -0.2) is 0 Å². The maximum absolute atomic E-state index is 11.9. The Balaban J connectivity index is 2.91. The number of pyridine rings is 1. The Bertz CT molecular complexity index is 538. The van der Waals surface area contributed by atoms with Gasteiger partial charge in [0, 0.05) is 19.1 Å². The number of benzene rings is 1. The minimum Gasteiger partial charge on any atom is -0.618 e. The van der Waals surface area contributed by atoms with Crippen LogP contribution in [0.2, 0.25) is 0 Å². The molecule has 1 heterocycles. The van der Waals surface area contributed by atoms with Crippen LogP contribution < -0.4 is 4.73 Å². The van der Waals surface area contributed by atoms with Gasteiger partial charge < -0.3 is 5.21 Å². The van der Waals surface area contributed by atoms with Crippen LogP contribution in [-0.2, 0) is 5.41 Å². The molecule has 0 fully saturated rings. The summed E-state index contributed by atoms with van der Waals surface area (Å²) in [4.78, 5) is 0. The highest BCUT2D eigenvalue weighted by Crippen LogP contribution is 2.28. The van der Waals surface area contributed by atoms with E-state index in [0.29, 0.717) is 0 Å². The van der Waals surface area contributed by atoms with E-state index in [1.54, 1.807) is 0 Å². The van der Waals surface area contributed by atoms with Crippen LogP contribution in [0.25, 0.3) is 10.9 Å². The normalized spacial score (nSPS) is 12.0. The third kappa shape index (κ3) is 1.64. The second-order valence-corrected chi connectivity index (χ2v) is 5.26. The van der Waals surface area contributed by atoms with E-state index in [0.717, 1.165) is 21.3 Å². The fourth-order valence-corrected chi connectivity index (χ4v) is 2.03. The molecule has 0 aliphatic carbocycles. The van der Waals surface area contributed by atoms with E-state index in [2.05, 4.69) is 20.8 Å². The Morgan fingerprint density at radius 1 is 1.12 bits per heavy atom. The van der Waals surface area contributed by atoms with Gasteiger partial charge in [0.15, 0.2) is 5.69 Å². The van der Waals surface area contributed by atoms with Crippen molar-refractivity contribution in [3.63, 3.8) is 0 Å². The van der Waals surface area contributed by atoms with E-state index in [4.69, 9.17) is 0 Å². The summed E-state index contributed by atoms with van der Waals surface area (Å²) >= 11 is 0. The molecule has 2 aromatic rings. The van der Waals surface area contributed by atoms with Gasteiger partial charge in [0.25, 0.3) is 0 Å². The van der Waals surface area contributed by atoms with Crippen LogP contribution in [0, 0.1) is 12.1 Å². The molecule has 0 atom stereocenters. The van der Waals surface area contributed by atoms with Crippen molar-refractivity contribution in [2.45, 2.75) is 33.1 Å². The SMILES string of the molecule is Cc1cc(C(C)(C)C)c2ccccc2[n+]1[O-]. The van der Waals surface area contributed by atoms with E-state index >= 15 is 0 Å². The molecule has 0 amide bonds. The van der Waals surface area contributed by atoms with Crippen molar-refractivity contribution < 1.29 is 4.73 Å². The number of hydrogen-bond acceptors (Lipinski definition) is 1. The van der Waals surface area contributed by atoms with Gasteiger partial charge in [-0.3, -0.25) is 0 Å². The number of hydrogen-bond donors (Lipinski definition) is 0. The summed E-state index contributed by atoms with van der Waals surface area (Å²) in [7, 11) is 0. The van der Waals surface area contributed by atoms with Crippen LogP contribution in [0.4, 0.5) is 0 Å². The van der Waals surface area contributed by atoms with Gasteiger partial charge in [-0.15, -0.1) is 0 Å². The summed E-state index contributed by atoms with van der Waals surface area (Å²) < 4.78 is 1.00. The largest absolute Gasteiger partial charge is 0.618 e. The summed E-state index contributed by atoms with van der Waals surface area (Å²) in [6.07, 6.45) is 0. The maximum atomic E-state index is 11.9. The highest BCUT2D eigenvalue weighted by molar-refractivity contribution is 5.80. The topological polar surface area (TPSA) is 26.9 Å². The zero-order valence-corrected chi connectivity index (χ0v) is 10.2. The van der Waals surface area contributed by atoms with E-state index in [9.17, 15) is 5.21 Å². The molecule has 1 aromatic carbocycles. The first kappa shape index (κ1) is 10.9. The minimum atomic E-state index is 0.0542. The summed E-state index contributed by atoms with van der Waals surface area (Å²) in [6.45, 7) is 8.37. The molecule has 2 nitrogen and oxygen atoms in total. The molecule has 0 saturated heterocycles. The molecule has 84 valence electrons. The number of nitrogens with zero attached hydrogens (tertiary/aromatic N) is 1. The van der Waals surface area contributed by atoms with Crippen molar-refractivity contribution in [2.24, 2.45) is 0 Å². The molecule has 2 heteroatoms. The molecular weight excluding hydrogens is 198 g/mol. The zero-order valence-electron chi connectivity index (χ0n) is 10.2. The monoisotopic (exact) mass is 215 g/mol. The second kappa shape index (κ2) is 3.48. The fourth-order valence-electron chi connectivity index (χ4n) is 2.03. The van der Waals surface area contributed by atoms with Crippen LogP contribution in [0.15, 0.2) is 30.3 Å². The Morgan fingerprint density at radius 3 is 2.38 bits per heavy atom. The standard InChI is InChI=1S/C14H17NO/c1-10-9-12(14(2,3)4)11-7-5-6-8-13(11)15(10)16/h5-9H,1-4H3. The van der Waals surface area contributed by atoms with Gasteiger partial charge in [0.2, 0.25) is 5.52 Å². The van der Waals surface area contributed by atoms with Crippen molar-refractivity contribution in [1.82, 2.24) is 0 Å². The first-order chi connectivity index (χ1) is 7.41. The second-order valence-electron chi connectivity index (χ2n) is 5.26. The van der Waals surface area contributed by atoms with E-state index < -0.39 is 0 Å². The van der Waals surface area contributed by atoms with Crippen LogP contribution in [0.3, 0.4) is 0 Å². The summed E-state index contributed by atoms with van der Waals surface area (Å²) in [6, 6.07) is 9.78. The third-order valence-electron chi connectivity index (χ3n) is 2.89. The van der Waals surface area contributed by atoms with Crippen LogP contribution >= 0.6 is 0 Å². The van der Waals surface area contributed by atoms with Gasteiger partial charge in [-0.2, -0.15) is 4.73 Å². The number of para-hydroxylation sites is 1. The molecule has 0 spiro atoms. The fraction of sp³-hybridized carbons (Fsp3) is 0.357. The van der Waals surface area contributed by atoms with Gasteiger partial charge in [-0.05, 0) is 17.0 Å². The molecule has 0 aliphatic heterocycles. The van der Waals surface area contributed by atoms with Gasteiger partial charge in [0.1, 0.15) is 0 Å². The molecule has 0 N–H and O–H groups in total. The molecule has 1 aromatic heterocycles. The van der Waals surface area contributed by atoms with E-state index in [1.807, 2.05) is 37.3 Å². The Hall–Kier alpha value is -1.57. The van der Waals surface area contributed by atoms with Crippen LogP contribution in [0.1, 0.15) is 32.0 Å². The molecule has 0 radical (unpaired) electrons. The van der Waals surface area contributed by atoms with Crippen molar-refractivity contribution in [2.75, 3.05) is 0 Å². The lowest BCUT2D eigenvalue weighted by molar-refractivity contribution is -0.584. The van der Waals surface area contributed by atoms with Gasteiger partial charge in [-0.25, -0.2) is 0 Å². The number of aryl methyl sites for hydroxylation is 1. The predicted octanol–water partition coefficient (Wildman–Crippen LogP) is 3.08. The minimum absolute atomic E-state index is 0.0542. The smallest absolute Gasteiger partial charge is 0.224 e. The number of aromatic nitrogens is 1. The van der Waals surface area contributed by atoms with Crippen molar-refractivity contribution in [3.8, 4) is 0 Å². The quantitative estimate of drug-likeness (QED) is 0.490. The lowest BCUT2D eigenvalue weighted by Gasteiger charge is -2.21. The molecule has 0 bridgehead atoms. The highest BCUT2D eigenvalue weighted by Gasteiger charge is 2.21. The van der Waals surface area contributed by atoms with Gasteiger partial charge in [0.05, 0.1) is 5.39 Å². The van der Waals surface area contributed by atoms with Crippen molar-refractivity contribution in [3.05, 3.63) is 46.8 Å². The van der Waals surface area contributed by atoms with E-state index in [-0.39, 0.29) is 5.41 Å². The lowest BCUT2D eigenvalue weighted by Crippen LogP contribution is -2.32. The molecule has 16 heavy (non-hydrogen) atoms. The summed E-state index contributed by atoms with van der Waals surface area (Å²) in [5.41, 5.74) is 2.79. The first-order valence-corrected chi connectivity index (χ1v) is 5.53. The van der Waals surface area contributed by atoms with Gasteiger partial charge in [-0.1, -0.05) is 32.9 Å². The van der Waals surface area contributed by atoms with Crippen molar-refractivity contribution in [1.29, 1.82) is 0 Å². The van der Waals surface area contributed by atoms with E-state index in [1.165, 1.54) is 5.56 Å². The average Bonchev–Trinajstić information content (AvgIpc) is 2.22. The molecular formula is C14H17NO. The first-order valence-electron chi connectivity index (χ1n) is 5.53. The zero-order chi connectivity index (χ0) is 11.9.